The second-order valence-corrected chi connectivity index (χ2v) is 6.21. The van der Waals surface area contributed by atoms with Crippen molar-refractivity contribution in [2.24, 2.45) is 5.92 Å². The number of hydrogen-bond acceptors (Lipinski definition) is 1. The van der Waals surface area contributed by atoms with Gasteiger partial charge in [0.15, 0.2) is 0 Å². The Morgan fingerprint density at radius 2 is 2.00 bits per heavy atom. The van der Waals surface area contributed by atoms with E-state index in [4.69, 9.17) is 0 Å². The number of halogens is 2. The van der Waals surface area contributed by atoms with Crippen LogP contribution in [0, 0.1) is 17.6 Å². The van der Waals surface area contributed by atoms with Gasteiger partial charge in [0.1, 0.15) is 11.6 Å². The van der Waals surface area contributed by atoms with Crippen molar-refractivity contribution >= 4 is 0 Å². The highest BCUT2D eigenvalue weighted by Gasteiger charge is 2.30. The Kier molecular flexibility index (Phi) is 3.71. The van der Waals surface area contributed by atoms with E-state index in [1.54, 1.807) is 6.07 Å². The Morgan fingerprint density at radius 3 is 2.56 bits per heavy atom. The van der Waals surface area contributed by atoms with Crippen molar-refractivity contribution in [2.75, 3.05) is 13.1 Å². The zero-order chi connectivity index (χ0) is 13.3. The Bertz CT molecular complexity index is 423. The molecule has 0 spiro atoms. The Labute approximate surface area is 108 Å². The molecule has 0 bridgehead atoms. The molecule has 1 heterocycles. The Hall–Kier alpha value is -0.960. The minimum atomic E-state index is -0.501. The van der Waals surface area contributed by atoms with E-state index in [2.05, 4.69) is 25.7 Å². The highest BCUT2D eigenvalue weighted by atomic mass is 19.1. The number of hydrogen-bond donors (Lipinski definition) is 0. The van der Waals surface area contributed by atoms with Crippen LogP contribution in [0.4, 0.5) is 8.78 Å². The molecule has 0 N–H and O–H groups in total. The van der Waals surface area contributed by atoms with Crippen molar-refractivity contribution in [3.05, 3.63) is 35.4 Å². The zero-order valence-electron chi connectivity index (χ0n) is 11.3. The van der Waals surface area contributed by atoms with E-state index in [9.17, 15) is 8.78 Å². The molecule has 1 aliphatic heterocycles. The zero-order valence-corrected chi connectivity index (χ0v) is 11.3. The van der Waals surface area contributed by atoms with Crippen molar-refractivity contribution in [1.82, 2.24) is 4.90 Å². The van der Waals surface area contributed by atoms with Gasteiger partial charge in [-0.3, -0.25) is 4.90 Å². The summed E-state index contributed by atoms with van der Waals surface area (Å²) in [6, 6.07) is 3.89. The maximum atomic E-state index is 13.6. The molecular weight excluding hydrogens is 232 g/mol. The third-order valence-corrected chi connectivity index (χ3v) is 3.76. The fourth-order valence-electron chi connectivity index (χ4n) is 2.61. The van der Waals surface area contributed by atoms with Gasteiger partial charge in [-0.05, 0) is 57.7 Å². The molecule has 2 rings (SSSR count). The summed E-state index contributed by atoms with van der Waals surface area (Å²) in [6.45, 7) is 8.67. The summed E-state index contributed by atoms with van der Waals surface area (Å²) in [4.78, 5) is 2.43. The fourth-order valence-corrected chi connectivity index (χ4v) is 2.61. The Morgan fingerprint density at radius 1 is 1.28 bits per heavy atom. The Balaban J connectivity index is 1.99. The van der Waals surface area contributed by atoms with Crippen LogP contribution in [0.25, 0.3) is 0 Å². The lowest BCUT2D eigenvalue weighted by Gasteiger charge is -2.31. The van der Waals surface area contributed by atoms with Gasteiger partial charge in [-0.2, -0.15) is 0 Å². The molecule has 1 saturated heterocycles. The summed E-state index contributed by atoms with van der Waals surface area (Å²) >= 11 is 0. The van der Waals surface area contributed by atoms with Crippen LogP contribution < -0.4 is 0 Å². The standard InChI is InChI=1S/C15H21F2N/c1-15(2,3)18-7-6-11(10-18)8-12-4-5-13(16)9-14(12)17/h4-5,9,11H,6-8,10H2,1-3H3. The van der Waals surface area contributed by atoms with Gasteiger partial charge in [0, 0.05) is 18.2 Å². The van der Waals surface area contributed by atoms with Gasteiger partial charge in [0.25, 0.3) is 0 Å². The number of benzene rings is 1. The first kappa shape index (κ1) is 13.5. The maximum Gasteiger partial charge on any atom is 0.129 e. The van der Waals surface area contributed by atoms with Crippen molar-refractivity contribution < 1.29 is 8.78 Å². The molecule has 0 radical (unpaired) electrons. The highest BCUT2D eigenvalue weighted by molar-refractivity contribution is 5.19. The van der Waals surface area contributed by atoms with E-state index < -0.39 is 11.6 Å². The number of rotatable bonds is 2. The lowest BCUT2D eigenvalue weighted by Crippen LogP contribution is -2.39. The minimum Gasteiger partial charge on any atom is -0.298 e. The quantitative estimate of drug-likeness (QED) is 0.778. The van der Waals surface area contributed by atoms with Crippen molar-refractivity contribution in [2.45, 2.75) is 39.2 Å². The van der Waals surface area contributed by atoms with Crippen molar-refractivity contribution in [3.8, 4) is 0 Å². The normalized spacial score (nSPS) is 21.5. The lowest BCUT2D eigenvalue weighted by atomic mass is 9.98. The third kappa shape index (κ3) is 3.08. The van der Waals surface area contributed by atoms with Crippen LogP contribution in [0.15, 0.2) is 18.2 Å². The van der Waals surface area contributed by atoms with Crippen LogP contribution >= 0.6 is 0 Å². The number of likely N-dealkylation sites (tertiary alicyclic amines) is 1. The molecule has 1 fully saturated rings. The second kappa shape index (κ2) is 4.96. The molecule has 0 aliphatic carbocycles. The summed E-state index contributed by atoms with van der Waals surface area (Å²) in [5, 5.41) is 0. The fraction of sp³-hybridized carbons (Fsp3) is 0.600. The molecular formula is C15H21F2N. The van der Waals surface area contributed by atoms with Crippen molar-refractivity contribution in [3.63, 3.8) is 0 Å². The molecule has 1 aliphatic rings. The van der Waals surface area contributed by atoms with E-state index >= 15 is 0 Å². The van der Waals surface area contributed by atoms with Crippen LogP contribution in [0.3, 0.4) is 0 Å². The van der Waals surface area contributed by atoms with Crippen LogP contribution in [0.1, 0.15) is 32.8 Å². The predicted molar refractivity (Wildman–Crippen MR) is 69.5 cm³/mol. The molecule has 1 aromatic rings. The maximum absolute atomic E-state index is 13.6. The largest absolute Gasteiger partial charge is 0.298 e. The van der Waals surface area contributed by atoms with E-state index in [1.165, 1.54) is 6.07 Å². The molecule has 0 amide bonds. The first-order valence-corrected chi connectivity index (χ1v) is 6.55. The van der Waals surface area contributed by atoms with Gasteiger partial charge < -0.3 is 0 Å². The summed E-state index contributed by atoms with van der Waals surface area (Å²) < 4.78 is 26.4. The molecule has 18 heavy (non-hydrogen) atoms. The first-order chi connectivity index (χ1) is 8.36. The van der Waals surface area contributed by atoms with Gasteiger partial charge in [-0.1, -0.05) is 6.07 Å². The van der Waals surface area contributed by atoms with E-state index in [0.717, 1.165) is 25.6 Å². The highest BCUT2D eigenvalue weighted by Crippen LogP contribution is 2.27. The summed E-state index contributed by atoms with van der Waals surface area (Å²) in [6.07, 6.45) is 1.80. The molecule has 1 aromatic carbocycles. The lowest BCUT2D eigenvalue weighted by molar-refractivity contribution is 0.168. The van der Waals surface area contributed by atoms with Crippen LogP contribution in [0.2, 0.25) is 0 Å². The topological polar surface area (TPSA) is 3.24 Å². The van der Waals surface area contributed by atoms with Crippen LogP contribution in [-0.4, -0.2) is 23.5 Å². The third-order valence-electron chi connectivity index (χ3n) is 3.76. The molecule has 1 nitrogen and oxygen atoms in total. The summed E-state index contributed by atoms with van der Waals surface area (Å²) in [5.74, 6) is -0.438. The van der Waals surface area contributed by atoms with Crippen LogP contribution in [-0.2, 0) is 6.42 Å². The summed E-state index contributed by atoms with van der Waals surface area (Å²) in [7, 11) is 0. The number of nitrogens with zero attached hydrogens (tertiary/aromatic N) is 1. The van der Waals surface area contributed by atoms with E-state index in [1.807, 2.05) is 0 Å². The van der Waals surface area contributed by atoms with Crippen molar-refractivity contribution in [1.29, 1.82) is 0 Å². The molecule has 1 unspecified atom stereocenters. The average Bonchev–Trinajstić information content (AvgIpc) is 2.70. The first-order valence-electron chi connectivity index (χ1n) is 6.55. The van der Waals surface area contributed by atoms with Gasteiger partial charge in [-0.15, -0.1) is 0 Å². The van der Waals surface area contributed by atoms with Gasteiger partial charge in [-0.25, -0.2) is 8.78 Å². The summed E-state index contributed by atoms with van der Waals surface area (Å²) in [5.41, 5.74) is 0.813. The average molecular weight is 253 g/mol. The van der Waals surface area contributed by atoms with E-state index in [0.29, 0.717) is 17.9 Å². The molecule has 0 aromatic heterocycles. The second-order valence-electron chi connectivity index (χ2n) is 6.21. The van der Waals surface area contributed by atoms with Gasteiger partial charge in [0.2, 0.25) is 0 Å². The smallest absolute Gasteiger partial charge is 0.129 e. The van der Waals surface area contributed by atoms with E-state index in [-0.39, 0.29) is 5.54 Å². The molecule has 0 saturated carbocycles. The van der Waals surface area contributed by atoms with Crippen LogP contribution in [0.5, 0.6) is 0 Å². The predicted octanol–water partition coefficient (Wildman–Crippen LogP) is 3.63. The monoisotopic (exact) mass is 253 g/mol. The van der Waals surface area contributed by atoms with Gasteiger partial charge >= 0.3 is 0 Å². The molecule has 3 heteroatoms. The minimum absolute atomic E-state index is 0.177. The molecule has 100 valence electrons. The van der Waals surface area contributed by atoms with Gasteiger partial charge in [0.05, 0.1) is 0 Å². The SMILES string of the molecule is CC(C)(C)N1CCC(Cc2ccc(F)cc2F)C1. The molecule has 1 atom stereocenters.